The molecule has 0 saturated heterocycles. The lowest BCUT2D eigenvalue weighted by Gasteiger charge is -2.27. The minimum absolute atomic E-state index is 0.0500. The molecular formula is C21H21ClFN5O3S. The highest BCUT2D eigenvalue weighted by atomic mass is 35.5. The van der Waals surface area contributed by atoms with Gasteiger partial charge in [-0.2, -0.15) is 5.10 Å². The molecule has 2 aromatic carbocycles. The molecule has 8 nitrogen and oxygen atoms in total. The van der Waals surface area contributed by atoms with Gasteiger partial charge in [-0.05, 0) is 61.9 Å². The lowest BCUT2D eigenvalue weighted by atomic mass is 10.1. The average molecular weight is 478 g/mol. The molecule has 0 radical (unpaired) electrons. The van der Waals surface area contributed by atoms with Crippen molar-refractivity contribution in [2.45, 2.75) is 24.3 Å². The molecule has 1 aliphatic rings. The van der Waals surface area contributed by atoms with Gasteiger partial charge in [0.05, 0.1) is 28.2 Å². The summed E-state index contributed by atoms with van der Waals surface area (Å²) in [5, 5.41) is 7.46. The number of benzene rings is 2. The predicted molar refractivity (Wildman–Crippen MR) is 119 cm³/mol. The quantitative estimate of drug-likeness (QED) is 0.589. The van der Waals surface area contributed by atoms with Crippen LogP contribution in [-0.4, -0.2) is 37.8 Å². The molecular weight excluding hydrogens is 457 g/mol. The number of carbonyl (C=O) groups excluding carboxylic acids is 1. The van der Waals surface area contributed by atoms with E-state index in [1.807, 2.05) is 0 Å². The number of halogens is 2. The number of sulfonamides is 1. The van der Waals surface area contributed by atoms with Crippen LogP contribution in [0.25, 0.3) is 5.69 Å². The molecule has 2 amide bonds. The first-order valence-electron chi connectivity index (χ1n) is 9.90. The fraction of sp³-hybridized carbons (Fsp3) is 0.238. The largest absolute Gasteiger partial charge is 0.334 e. The second-order valence-corrected chi connectivity index (χ2v) is 9.53. The van der Waals surface area contributed by atoms with Crippen LogP contribution in [0.1, 0.15) is 17.7 Å². The van der Waals surface area contributed by atoms with Gasteiger partial charge in [-0.25, -0.2) is 27.0 Å². The highest BCUT2D eigenvalue weighted by molar-refractivity contribution is 7.89. The number of nitrogens with zero attached hydrogens (tertiary/aromatic N) is 3. The molecule has 11 heteroatoms. The standard InChI is InChI=1S/C21H21ClFN5O3S/c1-24-32(30,31)17-9-4-14(18(22)11-17)12-25-21(29)27-10-2-3-19-20(27)13-26-28(19)16-7-5-15(23)6-8-16/h4-9,11,13,24H,2-3,10,12H2,1H3,(H,25,29). The molecule has 1 aromatic heterocycles. The van der Waals surface area contributed by atoms with Crippen LogP contribution in [0.4, 0.5) is 14.9 Å². The number of urea groups is 1. The van der Waals surface area contributed by atoms with E-state index in [0.717, 1.165) is 24.2 Å². The van der Waals surface area contributed by atoms with Crippen molar-refractivity contribution in [2.24, 2.45) is 0 Å². The van der Waals surface area contributed by atoms with E-state index in [-0.39, 0.29) is 28.3 Å². The summed E-state index contributed by atoms with van der Waals surface area (Å²) in [7, 11) is -2.28. The Morgan fingerprint density at radius 1 is 1.22 bits per heavy atom. The number of aromatic nitrogens is 2. The van der Waals surface area contributed by atoms with Gasteiger partial charge in [-0.1, -0.05) is 17.7 Å². The summed E-state index contributed by atoms with van der Waals surface area (Å²) in [5.41, 5.74) is 2.88. The van der Waals surface area contributed by atoms with Crippen LogP contribution < -0.4 is 14.9 Å². The van der Waals surface area contributed by atoms with Crippen LogP contribution in [-0.2, 0) is 23.0 Å². The van der Waals surface area contributed by atoms with Crippen molar-refractivity contribution in [1.82, 2.24) is 19.8 Å². The number of amides is 2. The molecule has 4 rings (SSSR count). The number of carbonyl (C=O) groups is 1. The number of hydrogen-bond acceptors (Lipinski definition) is 4. The van der Waals surface area contributed by atoms with Crippen LogP contribution in [0.3, 0.4) is 0 Å². The molecule has 0 unspecified atom stereocenters. The fourth-order valence-corrected chi connectivity index (χ4v) is 4.66. The van der Waals surface area contributed by atoms with E-state index < -0.39 is 10.0 Å². The maximum absolute atomic E-state index is 13.3. The van der Waals surface area contributed by atoms with E-state index in [1.54, 1.807) is 34.0 Å². The van der Waals surface area contributed by atoms with Gasteiger partial charge in [0.1, 0.15) is 5.82 Å². The third kappa shape index (κ3) is 4.34. The molecule has 3 aromatic rings. The normalized spacial score (nSPS) is 13.7. The summed E-state index contributed by atoms with van der Waals surface area (Å²) < 4.78 is 41.0. The Morgan fingerprint density at radius 2 is 1.97 bits per heavy atom. The molecule has 1 aliphatic heterocycles. The Morgan fingerprint density at radius 3 is 2.66 bits per heavy atom. The van der Waals surface area contributed by atoms with Crippen molar-refractivity contribution in [3.05, 3.63) is 70.8 Å². The molecule has 0 aliphatic carbocycles. The third-order valence-electron chi connectivity index (χ3n) is 5.28. The monoisotopic (exact) mass is 477 g/mol. The molecule has 0 spiro atoms. The molecule has 2 N–H and O–H groups in total. The fourth-order valence-electron chi connectivity index (χ4n) is 3.59. The highest BCUT2D eigenvalue weighted by Gasteiger charge is 2.26. The SMILES string of the molecule is CNS(=O)(=O)c1ccc(CNC(=O)N2CCCc3c2cnn3-c2ccc(F)cc2)c(Cl)c1. The number of hydrogen-bond donors (Lipinski definition) is 2. The summed E-state index contributed by atoms with van der Waals surface area (Å²) in [6, 6.07) is 10.1. The first kappa shape index (κ1) is 22.3. The molecule has 0 atom stereocenters. The zero-order valence-electron chi connectivity index (χ0n) is 17.2. The van der Waals surface area contributed by atoms with Gasteiger partial charge in [0, 0.05) is 18.1 Å². The van der Waals surface area contributed by atoms with Gasteiger partial charge in [0.2, 0.25) is 10.0 Å². The van der Waals surface area contributed by atoms with Crippen LogP contribution >= 0.6 is 11.6 Å². The van der Waals surface area contributed by atoms with E-state index in [0.29, 0.717) is 17.8 Å². The first-order chi connectivity index (χ1) is 15.3. The average Bonchev–Trinajstić information content (AvgIpc) is 3.22. The summed E-state index contributed by atoms with van der Waals surface area (Å²) >= 11 is 6.23. The molecule has 2 heterocycles. The topological polar surface area (TPSA) is 96.3 Å². The molecule has 168 valence electrons. The highest BCUT2D eigenvalue weighted by Crippen LogP contribution is 2.29. The van der Waals surface area contributed by atoms with E-state index in [9.17, 15) is 17.6 Å². The second-order valence-electron chi connectivity index (χ2n) is 7.24. The van der Waals surface area contributed by atoms with E-state index in [1.165, 1.54) is 31.3 Å². The Kier molecular flexibility index (Phi) is 6.18. The number of rotatable bonds is 5. The number of fused-ring (bicyclic) bond motifs is 1. The van der Waals surface area contributed by atoms with Crippen LogP contribution in [0.2, 0.25) is 5.02 Å². The van der Waals surface area contributed by atoms with E-state index >= 15 is 0 Å². The molecule has 32 heavy (non-hydrogen) atoms. The van der Waals surface area contributed by atoms with Gasteiger partial charge >= 0.3 is 6.03 Å². The molecule has 0 saturated carbocycles. The Labute approximate surface area is 190 Å². The van der Waals surface area contributed by atoms with Crippen molar-refractivity contribution >= 4 is 33.3 Å². The smallest absolute Gasteiger partial charge is 0.322 e. The lowest BCUT2D eigenvalue weighted by Crippen LogP contribution is -2.42. The summed E-state index contributed by atoms with van der Waals surface area (Å²) in [5.74, 6) is -0.328. The summed E-state index contributed by atoms with van der Waals surface area (Å²) in [4.78, 5) is 14.5. The second kappa shape index (κ2) is 8.89. The van der Waals surface area contributed by atoms with Gasteiger partial charge in [-0.15, -0.1) is 0 Å². The third-order valence-corrected chi connectivity index (χ3v) is 7.05. The summed E-state index contributed by atoms with van der Waals surface area (Å²) in [6.07, 6.45) is 3.12. The van der Waals surface area contributed by atoms with Gasteiger partial charge in [0.15, 0.2) is 0 Å². The van der Waals surface area contributed by atoms with Crippen molar-refractivity contribution in [3.8, 4) is 5.69 Å². The van der Waals surface area contributed by atoms with Crippen molar-refractivity contribution in [3.63, 3.8) is 0 Å². The Hall–Kier alpha value is -2.95. The van der Waals surface area contributed by atoms with Crippen LogP contribution in [0.15, 0.2) is 53.6 Å². The van der Waals surface area contributed by atoms with Crippen molar-refractivity contribution < 1.29 is 17.6 Å². The number of anilines is 1. The Balaban J connectivity index is 1.50. The molecule has 0 fully saturated rings. The lowest BCUT2D eigenvalue weighted by molar-refractivity contribution is 0.245. The van der Waals surface area contributed by atoms with Gasteiger partial charge in [-0.3, -0.25) is 4.90 Å². The minimum Gasteiger partial charge on any atom is -0.334 e. The summed E-state index contributed by atoms with van der Waals surface area (Å²) in [6.45, 7) is 0.663. The first-order valence-corrected chi connectivity index (χ1v) is 11.8. The number of nitrogens with one attached hydrogen (secondary N) is 2. The Bertz CT molecular complexity index is 1260. The zero-order chi connectivity index (χ0) is 22.9. The maximum Gasteiger partial charge on any atom is 0.322 e. The van der Waals surface area contributed by atoms with Gasteiger partial charge < -0.3 is 5.32 Å². The van der Waals surface area contributed by atoms with Crippen molar-refractivity contribution in [1.29, 1.82) is 0 Å². The predicted octanol–water partition coefficient (Wildman–Crippen LogP) is 3.24. The van der Waals surface area contributed by atoms with Crippen LogP contribution in [0, 0.1) is 5.82 Å². The van der Waals surface area contributed by atoms with E-state index in [4.69, 9.17) is 11.6 Å². The minimum atomic E-state index is -3.60. The van der Waals surface area contributed by atoms with E-state index in [2.05, 4.69) is 15.1 Å². The van der Waals surface area contributed by atoms with Crippen molar-refractivity contribution in [2.75, 3.05) is 18.5 Å². The van der Waals surface area contributed by atoms with Gasteiger partial charge in [0.25, 0.3) is 0 Å². The maximum atomic E-state index is 13.3. The zero-order valence-corrected chi connectivity index (χ0v) is 18.8. The molecule has 0 bridgehead atoms. The van der Waals surface area contributed by atoms with Crippen LogP contribution in [0.5, 0.6) is 0 Å².